The number of likely N-dealkylation sites (N-methyl/N-ethyl adjacent to an activating group) is 1. The molecule has 0 bridgehead atoms. The molecule has 0 radical (unpaired) electrons. The third-order valence-electron chi connectivity index (χ3n) is 3.17. The maximum Gasteiger partial charge on any atom is 0.176 e. The summed E-state index contributed by atoms with van der Waals surface area (Å²) in [6, 6.07) is 7.76. The first-order valence-corrected chi connectivity index (χ1v) is 5.55. The van der Waals surface area contributed by atoms with Crippen LogP contribution in [0.3, 0.4) is 0 Å². The van der Waals surface area contributed by atoms with E-state index in [9.17, 15) is 4.79 Å². The predicted octanol–water partition coefficient (Wildman–Crippen LogP) is 1.72. The molecule has 3 heteroatoms. The van der Waals surface area contributed by atoms with Gasteiger partial charge in [-0.15, -0.1) is 0 Å². The lowest BCUT2D eigenvalue weighted by Gasteiger charge is -2.13. The van der Waals surface area contributed by atoms with Crippen LogP contribution in [-0.2, 0) is 10.3 Å². The number of Topliss-reactive ketones (excluding diaryl/α,β-unsaturated/α-hetero) is 1. The minimum Gasteiger partial charge on any atom is -0.374 e. The van der Waals surface area contributed by atoms with Crippen LogP contribution in [0.2, 0.25) is 0 Å². The van der Waals surface area contributed by atoms with Crippen LogP contribution in [0.5, 0.6) is 0 Å². The Balaban J connectivity index is 2.14. The van der Waals surface area contributed by atoms with Crippen molar-refractivity contribution in [2.24, 2.45) is 0 Å². The third-order valence-corrected chi connectivity index (χ3v) is 3.17. The molecule has 0 unspecified atom stereocenters. The van der Waals surface area contributed by atoms with Gasteiger partial charge in [-0.1, -0.05) is 24.3 Å². The van der Waals surface area contributed by atoms with E-state index in [1.807, 2.05) is 24.3 Å². The van der Waals surface area contributed by atoms with Crippen LogP contribution < -0.4 is 5.32 Å². The van der Waals surface area contributed by atoms with Gasteiger partial charge < -0.3 is 10.1 Å². The molecular formula is C13H17NO2. The third kappa shape index (κ3) is 2.01. The molecule has 86 valence electrons. The second-order valence-corrected chi connectivity index (χ2v) is 4.23. The fourth-order valence-electron chi connectivity index (χ4n) is 1.95. The minimum absolute atomic E-state index is 0.0649. The van der Waals surface area contributed by atoms with Crippen molar-refractivity contribution in [3.63, 3.8) is 0 Å². The highest BCUT2D eigenvalue weighted by molar-refractivity contribution is 5.97. The van der Waals surface area contributed by atoms with Crippen molar-refractivity contribution in [2.75, 3.05) is 20.7 Å². The molecule has 1 aromatic rings. The molecule has 1 saturated carbocycles. The van der Waals surface area contributed by atoms with E-state index in [1.54, 1.807) is 14.2 Å². The summed E-state index contributed by atoms with van der Waals surface area (Å²) < 4.78 is 5.49. The Morgan fingerprint density at radius 1 is 1.38 bits per heavy atom. The fraction of sp³-hybridized carbons (Fsp3) is 0.462. The average Bonchev–Trinajstić information content (AvgIpc) is 3.10. The van der Waals surface area contributed by atoms with Crippen molar-refractivity contribution in [1.82, 2.24) is 5.32 Å². The van der Waals surface area contributed by atoms with Gasteiger partial charge in [-0.3, -0.25) is 4.79 Å². The van der Waals surface area contributed by atoms with Crippen molar-refractivity contribution >= 4 is 5.78 Å². The molecule has 0 amide bonds. The topological polar surface area (TPSA) is 38.3 Å². The lowest BCUT2D eigenvalue weighted by Crippen LogP contribution is -2.18. The zero-order valence-corrected chi connectivity index (χ0v) is 9.75. The number of ether oxygens (including phenoxy) is 1. The maximum absolute atomic E-state index is 11.6. The summed E-state index contributed by atoms with van der Waals surface area (Å²) in [5.41, 5.74) is 1.87. The van der Waals surface area contributed by atoms with Crippen LogP contribution in [-0.4, -0.2) is 26.5 Å². The largest absolute Gasteiger partial charge is 0.374 e. The Morgan fingerprint density at radius 2 is 2.00 bits per heavy atom. The Labute approximate surface area is 95.8 Å². The van der Waals surface area contributed by atoms with E-state index in [0.29, 0.717) is 6.54 Å². The van der Waals surface area contributed by atoms with Crippen LogP contribution in [0.4, 0.5) is 0 Å². The van der Waals surface area contributed by atoms with Crippen LogP contribution >= 0.6 is 0 Å². The molecule has 16 heavy (non-hydrogen) atoms. The molecular weight excluding hydrogens is 202 g/mol. The van der Waals surface area contributed by atoms with Crippen LogP contribution in [0, 0.1) is 0 Å². The van der Waals surface area contributed by atoms with E-state index in [1.165, 1.54) is 5.56 Å². The van der Waals surface area contributed by atoms with Gasteiger partial charge in [0.25, 0.3) is 0 Å². The molecule has 1 N–H and O–H groups in total. The molecule has 0 aliphatic heterocycles. The molecule has 1 aliphatic rings. The molecule has 0 spiro atoms. The van der Waals surface area contributed by atoms with E-state index in [-0.39, 0.29) is 11.4 Å². The van der Waals surface area contributed by atoms with Gasteiger partial charge in [-0.05, 0) is 25.5 Å². The number of hydrogen-bond donors (Lipinski definition) is 1. The highest BCUT2D eigenvalue weighted by atomic mass is 16.5. The van der Waals surface area contributed by atoms with E-state index < -0.39 is 0 Å². The fourth-order valence-corrected chi connectivity index (χ4v) is 1.95. The van der Waals surface area contributed by atoms with Gasteiger partial charge in [-0.2, -0.15) is 0 Å². The van der Waals surface area contributed by atoms with Crippen molar-refractivity contribution in [3.05, 3.63) is 35.4 Å². The Bertz CT molecular complexity index is 379. The van der Waals surface area contributed by atoms with E-state index in [2.05, 4.69) is 5.32 Å². The molecule has 0 aromatic heterocycles. The van der Waals surface area contributed by atoms with Crippen molar-refractivity contribution < 1.29 is 9.53 Å². The van der Waals surface area contributed by atoms with Gasteiger partial charge in [0.1, 0.15) is 0 Å². The summed E-state index contributed by atoms with van der Waals surface area (Å²) in [4.78, 5) is 11.6. The summed E-state index contributed by atoms with van der Waals surface area (Å²) in [5.74, 6) is 0.122. The molecule has 0 heterocycles. The van der Waals surface area contributed by atoms with Crippen molar-refractivity contribution in [1.29, 1.82) is 0 Å². The SMILES string of the molecule is CNCC(=O)c1ccc(C2(OC)CC2)cc1. The van der Waals surface area contributed by atoms with Crippen LogP contribution in [0.15, 0.2) is 24.3 Å². The molecule has 3 nitrogen and oxygen atoms in total. The molecule has 1 aromatic carbocycles. The lowest BCUT2D eigenvalue weighted by molar-refractivity contribution is 0.0788. The summed E-state index contributed by atoms with van der Waals surface area (Å²) in [6.45, 7) is 0.384. The first-order valence-electron chi connectivity index (χ1n) is 5.55. The van der Waals surface area contributed by atoms with Gasteiger partial charge in [0.05, 0.1) is 12.1 Å². The molecule has 0 saturated heterocycles. The Kier molecular flexibility index (Phi) is 3.08. The quantitative estimate of drug-likeness (QED) is 0.766. The monoisotopic (exact) mass is 219 g/mol. The van der Waals surface area contributed by atoms with Gasteiger partial charge in [0.2, 0.25) is 0 Å². The summed E-state index contributed by atoms with van der Waals surface area (Å²) >= 11 is 0. The highest BCUT2D eigenvalue weighted by Crippen LogP contribution is 2.48. The number of rotatable bonds is 5. The number of carbonyl (C=O) groups excluding carboxylic acids is 1. The number of carbonyl (C=O) groups is 1. The number of hydrogen-bond acceptors (Lipinski definition) is 3. The van der Waals surface area contributed by atoms with Gasteiger partial charge in [0.15, 0.2) is 5.78 Å². The van der Waals surface area contributed by atoms with E-state index in [0.717, 1.165) is 18.4 Å². The second-order valence-electron chi connectivity index (χ2n) is 4.23. The molecule has 0 atom stereocenters. The highest BCUT2D eigenvalue weighted by Gasteiger charge is 2.44. The first kappa shape index (κ1) is 11.3. The van der Waals surface area contributed by atoms with E-state index in [4.69, 9.17) is 4.74 Å². The molecule has 1 aliphatic carbocycles. The number of ketones is 1. The smallest absolute Gasteiger partial charge is 0.176 e. The molecule has 1 fully saturated rings. The summed E-state index contributed by atoms with van der Waals surface area (Å²) in [5, 5.41) is 2.86. The summed E-state index contributed by atoms with van der Waals surface area (Å²) in [6.07, 6.45) is 2.15. The summed E-state index contributed by atoms with van der Waals surface area (Å²) in [7, 11) is 3.52. The molecule has 2 rings (SSSR count). The minimum atomic E-state index is -0.0649. The Hall–Kier alpha value is -1.19. The number of methoxy groups -OCH3 is 1. The second kappa shape index (κ2) is 4.36. The van der Waals surface area contributed by atoms with Crippen LogP contribution in [0.25, 0.3) is 0 Å². The predicted molar refractivity (Wildman–Crippen MR) is 62.6 cm³/mol. The first-order chi connectivity index (χ1) is 7.72. The van der Waals surface area contributed by atoms with Gasteiger partial charge >= 0.3 is 0 Å². The zero-order chi connectivity index (χ0) is 11.6. The lowest BCUT2D eigenvalue weighted by atomic mass is 10.0. The van der Waals surface area contributed by atoms with E-state index >= 15 is 0 Å². The Morgan fingerprint density at radius 3 is 2.44 bits per heavy atom. The number of benzene rings is 1. The standard InChI is InChI=1S/C13H17NO2/c1-14-9-12(15)10-3-5-11(6-4-10)13(16-2)7-8-13/h3-6,14H,7-9H2,1-2H3. The normalized spacial score (nSPS) is 17.1. The van der Waals surface area contributed by atoms with Crippen molar-refractivity contribution in [3.8, 4) is 0 Å². The number of nitrogens with one attached hydrogen (secondary N) is 1. The van der Waals surface area contributed by atoms with Gasteiger partial charge in [-0.25, -0.2) is 0 Å². The van der Waals surface area contributed by atoms with Crippen molar-refractivity contribution in [2.45, 2.75) is 18.4 Å². The average molecular weight is 219 g/mol. The van der Waals surface area contributed by atoms with Gasteiger partial charge in [0, 0.05) is 12.7 Å². The van der Waals surface area contributed by atoms with Crippen LogP contribution in [0.1, 0.15) is 28.8 Å². The zero-order valence-electron chi connectivity index (χ0n) is 9.75. The maximum atomic E-state index is 11.6.